The van der Waals surface area contributed by atoms with E-state index in [0.717, 1.165) is 19.4 Å². The number of alkyl halides is 1. The summed E-state index contributed by atoms with van der Waals surface area (Å²) < 4.78 is 10.6. The molecule has 0 aliphatic carbocycles. The van der Waals surface area contributed by atoms with Gasteiger partial charge < -0.3 is 9.47 Å². The highest BCUT2D eigenvalue weighted by atomic mass is 127. The van der Waals surface area contributed by atoms with Gasteiger partial charge in [-0.2, -0.15) is 0 Å². The van der Waals surface area contributed by atoms with Gasteiger partial charge >= 0.3 is 6.09 Å². The fraction of sp³-hybridized carbons (Fsp3) is 0.889. The van der Waals surface area contributed by atoms with E-state index in [4.69, 9.17) is 9.47 Å². The quantitative estimate of drug-likeness (QED) is 0.578. The van der Waals surface area contributed by atoms with Crippen molar-refractivity contribution in [3.8, 4) is 0 Å². The predicted octanol–water partition coefficient (Wildman–Crippen LogP) is 2.01. The van der Waals surface area contributed by atoms with E-state index in [9.17, 15) is 4.79 Å². The lowest BCUT2D eigenvalue weighted by molar-refractivity contribution is -0.0409. The van der Waals surface area contributed by atoms with Crippen LogP contribution in [0.25, 0.3) is 0 Å². The summed E-state index contributed by atoms with van der Waals surface area (Å²) in [6, 6.07) is 0. The minimum absolute atomic E-state index is 0.136. The van der Waals surface area contributed by atoms with Crippen LogP contribution in [0.15, 0.2) is 0 Å². The molecule has 2 unspecified atom stereocenters. The van der Waals surface area contributed by atoms with Gasteiger partial charge in [0.25, 0.3) is 0 Å². The molecule has 14 heavy (non-hydrogen) atoms. The first-order valence-corrected chi connectivity index (χ1v) is 6.05. The molecule has 0 N–H and O–H groups in total. The SMILES string of the molecule is CCOC(=O)N1CCCC(I)C1OC. The van der Waals surface area contributed by atoms with E-state index in [0.29, 0.717) is 10.5 Å². The maximum Gasteiger partial charge on any atom is 0.411 e. The van der Waals surface area contributed by atoms with Gasteiger partial charge in [-0.25, -0.2) is 4.79 Å². The van der Waals surface area contributed by atoms with Crippen LogP contribution in [-0.2, 0) is 9.47 Å². The van der Waals surface area contributed by atoms with Crippen LogP contribution in [0.5, 0.6) is 0 Å². The van der Waals surface area contributed by atoms with Crippen molar-refractivity contribution < 1.29 is 14.3 Å². The first-order chi connectivity index (χ1) is 6.70. The van der Waals surface area contributed by atoms with Gasteiger partial charge in [0.1, 0.15) is 6.23 Å². The summed E-state index contributed by atoms with van der Waals surface area (Å²) in [5, 5.41) is 0. The zero-order valence-electron chi connectivity index (χ0n) is 8.53. The van der Waals surface area contributed by atoms with Gasteiger partial charge in [0.15, 0.2) is 0 Å². The molecule has 2 atom stereocenters. The Bertz CT molecular complexity index is 200. The molecule has 0 bridgehead atoms. The number of hydrogen-bond acceptors (Lipinski definition) is 3. The first-order valence-electron chi connectivity index (χ1n) is 4.81. The summed E-state index contributed by atoms with van der Waals surface area (Å²) in [4.78, 5) is 13.2. The van der Waals surface area contributed by atoms with Crippen LogP contribution in [0.1, 0.15) is 19.8 Å². The fourth-order valence-electron chi connectivity index (χ4n) is 1.60. The minimum atomic E-state index is -0.263. The Morgan fingerprint density at radius 2 is 2.36 bits per heavy atom. The zero-order chi connectivity index (χ0) is 10.6. The normalized spacial score (nSPS) is 27.5. The van der Waals surface area contributed by atoms with Crippen LogP contribution in [0.2, 0.25) is 0 Å². The summed E-state index contributed by atoms with van der Waals surface area (Å²) in [6.45, 7) is 2.96. The van der Waals surface area contributed by atoms with Crippen LogP contribution in [0, 0.1) is 0 Å². The molecule has 4 nitrogen and oxygen atoms in total. The van der Waals surface area contributed by atoms with Crippen LogP contribution >= 0.6 is 22.6 Å². The molecule has 0 aromatic carbocycles. The second-order valence-electron chi connectivity index (χ2n) is 3.18. The summed E-state index contributed by atoms with van der Waals surface area (Å²) in [5.74, 6) is 0. The van der Waals surface area contributed by atoms with Crippen LogP contribution in [-0.4, -0.2) is 41.4 Å². The number of likely N-dealkylation sites (tertiary alicyclic amines) is 1. The zero-order valence-corrected chi connectivity index (χ0v) is 10.7. The molecular weight excluding hydrogens is 297 g/mol. The molecule has 0 aromatic rings. The number of hydrogen-bond donors (Lipinski definition) is 0. The van der Waals surface area contributed by atoms with Gasteiger partial charge in [-0.1, -0.05) is 22.6 Å². The highest BCUT2D eigenvalue weighted by Crippen LogP contribution is 2.25. The van der Waals surface area contributed by atoms with Crippen molar-refractivity contribution in [2.75, 3.05) is 20.3 Å². The van der Waals surface area contributed by atoms with E-state index in [1.807, 2.05) is 6.92 Å². The fourth-order valence-corrected chi connectivity index (χ4v) is 2.72. The molecule has 82 valence electrons. The van der Waals surface area contributed by atoms with Gasteiger partial charge in [0, 0.05) is 13.7 Å². The number of amides is 1. The number of carbonyl (C=O) groups is 1. The number of methoxy groups -OCH3 is 1. The van der Waals surface area contributed by atoms with Crippen molar-refractivity contribution in [2.24, 2.45) is 0 Å². The standard InChI is InChI=1S/C9H16INO3/c1-3-14-9(12)11-6-4-5-7(10)8(11)13-2/h7-8H,3-6H2,1-2H3. The third-order valence-electron chi connectivity index (χ3n) is 2.24. The Morgan fingerprint density at radius 1 is 1.64 bits per heavy atom. The van der Waals surface area contributed by atoms with Crippen molar-refractivity contribution in [3.63, 3.8) is 0 Å². The number of carbonyl (C=O) groups excluding carboxylic acids is 1. The van der Waals surface area contributed by atoms with Gasteiger partial charge in [-0.05, 0) is 19.8 Å². The van der Waals surface area contributed by atoms with Crippen molar-refractivity contribution in [3.05, 3.63) is 0 Å². The number of nitrogens with zero attached hydrogens (tertiary/aromatic N) is 1. The van der Waals surface area contributed by atoms with Crippen LogP contribution in [0.4, 0.5) is 4.79 Å². The molecule has 1 heterocycles. The van der Waals surface area contributed by atoms with Gasteiger partial charge in [0.2, 0.25) is 0 Å². The number of rotatable bonds is 2. The van der Waals surface area contributed by atoms with E-state index in [2.05, 4.69) is 22.6 Å². The first kappa shape index (κ1) is 12.0. The third kappa shape index (κ3) is 2.73. The molecule has 5 heteroatoms. The molecule has 0 saturated carbocycles. The van der Waals surface area contributed by atoms with E-state index >= 15 is 0 Å². The van der Waals surface area contributed by atoms with E-state index in [-0.39, 0.29) is 12.3 Å². The van der Waals surface area contributed by atoms with Gasteiger partial charge in [-0.15, -0.1) is 0 Å². The Hall–Kier alpha value is -0.0400. The molecule has 0 radical (unpaired) electrons. The van der Waals surface area contributed by atoms with E-state index in [1.165, 1.54) is 0 Å². The van der Waals surface area contributed by atoms with Crippen molar-refractivity contribution in [1.29, 1.82) is 0 Å². The van der Waals surface area contributed by atoms with Crippen molar-refractivity contribution in [1.82, 2.24) is 4.90 Å². The molecular formula is C9H16INO3. The minimum Gasteiger partial charge on any atom is -0.450 e. The maximum atomic E-state index is 11.5. The van der Waals surface area contributed by atoms with Crippen molar-refractivity contribution in [2.45, 2.75) is 29.9 Å². The molecule has 1 amide bonds. The van der Waals surface area contributed by atoms with Gasteiger partial charge in [0.05, 0.1) is 10.5 Å². The predicted molar refractivity (Wildman–Crippen MR) is 61.6 cm³/mol. The maximum absolute atomic E-state index is 11.5. The molecule has 0 aromatic heterocycles. The lowest BCUT2D eigenvalue weighted by Crippen LogP contribution is -2.50. The topological polar surface area (TPSA) is 38.8 Å². The highest BCUT2D eigenvalue weighted by Gasteiger charge is 2.33. The van der Waals surface area contributed by atoms with Crippen LogP contribution < -0.4 is 0 Å². The highest BCUT2D eigenvalue weighted by molar-refractivity contribution is 14.1. The Balaban J connectivity index is 2.59. The average molecular weight is 313 g/mol. The Labute approximate surface area is 98.1 Å². The summed E-state index contributed by atoms with van der Waals surface area (Å²) in [6.07, 6.45) is 1.71. The molecule has 1 saturated heterocycles. The van der Waals surface area contributed by atoms with Crippen molar-refractivity contribution >= 4 is 28.7 Å². The average Bonchev–Trinajstić information content (AvgIpc) is 2.17. The summed E-state index contributed by atoms with van der Waals surface area (Å²) in [5.41, 5.74) is 0. The molecule has 1 aliphatic heterocycles. The van der Waals surface area contributed by atoms with E-state index < -0.39 is 0 Å². The third-order valence-corrected chi connectivity index (χ3v) is 3.48. The number of ether oxygens (including phenoxy) is 2. The second kappa shape index (κ2) is 5.75. The van der Waals surface area contributed by atoms with E-state index in [1.54, 1.807) is 12.0 Å². The van der Waals surface area contributed by atoms with Gasteiger partial charge in [-0.3, -0.25) is 4.90 Å². The molecule has 1 rings (SSSR count). The second-order valence-corrected chi connectivity index (χ2v) is 4.78. The lowest BCUT2D eigenvalue weighted by Gasteiger charge is -2.36. The molecule has 1 fully saturated rings. The summed E-state index contributed by atoms with van der Waals surface area (Å²) >= 11 is 2.32. The smallest absolute Gasteiger partial charge is 0.411 e. The van der Waals surface area contributed by atoms with Crippen LogP contribution in [0.3, 0.4) is 0 Å². The number of piperidine rings is 1. The molecule has 1 aliphatic rings. The largest absolute Gasteiger partial charge is 0.450 e. The lowest BCUT2D eigenvalue weighted by atomic mass is 10.1. The Morgan fingerprint density at radius 3 is 2.93 bits per heavy atom. The monoisotopic (exact) mass is 313 g/mol. The Kier molecular flexibility index (Phi) is 4.94. The number of halogens is 1. The summed E-state index contributed by atoms with van der Waals surface area (Å²) in [7, 11) is 1.63. The molecule has 0 spiro atoms.